The summed E-state index contributed by atoms with van der Waals surface area (Å²) in [5.74, 6) is 0.345. The van der Waals surface area contributed by atoms with E-state index in [1.54, 1.807) is 18.5 Å². The first kappa shape index (κ1) is 17.5. The molecule has 1 aliphatic heterocycles. The van der Waals surface area contributed by atoms with Crippen molar-refractivity contribution in [3.63, 3.8) is 0 Å². The van der Waals surface area contributed by atoms with Crippen LogP contribution in [-0.2, 0) is 6.42 Å². The van der Waals surface area contributed by atoms with Crippen LogP contribution in [0.4, 0.5) is 17.3 Å². The highest BCUT2D eigenvalue weighted by Gasteiger charge is 2.20. The Hall–Kier alpha value is -2.92. The van der Waals surface area contributed by atoms with E-state index in [-0.39, 0.29) is 5.91 Å². The Morgan fingerprint density at radius 2 is 1.93 bits per heavy atom. The predicted molar refractivity (Wildman–Crippen MR) is 108 cm³/mol. The molecule has 1 aliphatic rings. The topological polar surface area (TPSA) is 58.1 Å². The second kappa shape index (κ2) is 7.37. The number of hydrogen-bond donors (Lipinski definition) is 1. The molecule has 0 radical (unpaired) electrons. The number of benzene rings is 2. The summed E-state index contributed by atoms with van der Waals surface area (Å²) < 4.78 is 0. The lowest BCUT2D eigenvalue weighted by atomic mass is 10.0. The first-order valence-electron chi connectivity index (χ1n) is 8.87. The average Bonchev–Trinajstić information content (AvgIpc) is 2.70. The van der Waals surface area contributed by atoms with Crippen molar-refractivity contribution in [1.29, 1.82) is 0 Å². The van der Waals surface area contributed by atoms with Gasteiger partial charge < -0.3 is 10.2 Å². The van der Waals surface area contributed by atoms with Gasteiger partial charge in [-0.25, -0.2) is 9.97 Å². The van der Waals surface area contributed by atoms with Crippen molar-refractivity contribution in [3.8, 4) is 0 Å². The standard InChI is InChI=1S/C21H19ClN4O/c1-14-8-9-17(11-18(14)22)25-20(27)16-12-23-21(24-13-16)26-10-4-6-15-5-2-3-7-19(15)26/h2-3,5,7-9,11-13H,4,6,10H2,1H3,(H,25,27). The highest BCUT2D eigenvalue weighted by atomic mass is 35.5. The number of hydrogen-bond acceptors (Lipinski definition) is 4. The second-order valence-electron chi connectivity index (χ2n) is 6.57. The van der Waals surface area contributed by atoms with E-state index in [4.69, 9.17) is 11.6 Å². The van der Waals surface area contributed by atoms with Crippen LogP contribution in [0.1, 0.15) is 27.9 Å². The quantitative estimate of drug-likeness (QED) is 0.712. The Bertz CT molecular complexity index is 988. The summed E-state index contributed by atoms with van der Waals surface area (Å²) in [5.41, 5.74) is 4.44. The fourth-order valence-corrected chi connectivity index (χ4v) is 3.37. The van der Waals surface area contributed by atoms with E-state index in [1.807, 2.05) is 31.2 Å². The molecule has 0 aliphatic carbocycles. The van der Waals surface area contributed by atoms with Gasteiger partial charge in [0.2, 0.25) is 5.95 Å². The van der Waals surface area contributed by atoms with E-state index in [9.17, 15) is 4.79 Å². The van der Waals surface area contributed by atoms with Gasteiger partial charge in [0.15, 0.2) is 0 Å². The third-order valence-electron chi connectivity index (χ3n) is 4.68. The molecule has 1 N–H and O–H groups in total. The zero-order valence-corrected chi connectivity index (χ0v) is 15.7. The normalized spacial score (nSPS) is 13.2. The van der Waals surface area contributed by atoms with Crippen LogP contribution in [0.3, 0.4) is 0 Å². The van der Waals surface area contributed by atoms with Crippen LogP contribution in [0.5, 0.6) is 0 Å². The van der Waals surface area contributed by atoms with Crippen LogP contribution in [0.2, 0.25) is 5.02 Å². The van der Waals surface area contributed by atoms with Crippen molar-refractivity contribution in [1.82, 2.24) is 9.97 Å². The SMILES string of the molecule is Cc1ccc(NC(=O)c2cnc(N3CCCc4ccccc43)nc2)cc1Cl. The molecule has 0 bridgehead atoms. The molecule has 6 heteroatoms. The summed E-state index contributed by atoms with van der Waals surface area (Å²) in [4.78, 5) is 23.4. The number of nitrogens with one attached hydrogen (secondary N) is 1. The summed E-state index contributed by atoms with van der Waals surface area (Å²) in [6.07, 6.45) is 5.23. The van der Waals surface area contributed by atoms with Gasteiger partial charge in [0, 0.05) is 35.3 Å². The minimum Gasteiger partial charge on any atom is -0.322 e. The first-order chi connectivity index (χ1) is 13.1. The number of aromatic nitrogens is 2. The molecule has 4 rings (SSSR count). The number of amides is 1. The van der Waals surface area contributed by atoms with Crippen LogP contribution in [0.25, 0.3) is 0 Å². The number of halogens is 1. The molecule has 0 saturated carbocycles. The third kappa shape index (κ3) is 3.64. The van der Waals surface area contributed by atoms with Gasteiger partial charge in [0.1, 0.15) is 0 Å². The molecule has 2 aromatic carbocycles. The van der Waals surface area contributed by atoms with Crippen molar-refractivity contribution in [3.05, 3.63) is 76.6 Å². The van der Waals surface area contributed by atoms with E-state index in [0.29, 0.717) is 22.2 Å². The number of carbonyl (C=O) groups is 1. The van der Waals surface area contributed by atoms with Gasteiger partial charge in [0.05, 0.1) is 5.56 Å². The molecule has 5 nitrogen and oxygen atoms in total. The number of nitrogens with zero attached hydrogens (tertiary/aromatic N) is 3. The van der Waals surface area contributed by atoms with Gasteiger partial charge in [0.25, 0.3) is 5.91 Å². The van der Waals surface area contributed by atoms with Crippen LogP contribution >= 0.6 is 11.6 Å². The lowest BCUT2D eigenvalue weighted by Gasteiger charge is -2.29. The van der Waals surface area contributed by atoms with E-state index < -0.39 is 0 Å². The molecule has 0 fully saturated rings. The maximum atomic E-state index is 12.4. The molecule has 2 heterocycles. The Morgan fingerprint density at radius 3 is 2.70 bits per heavy atom. The van der Waals surface area contributed by atoms with Crippen LogP contribution in [0.15, 0.2) is 54.9 Å². The largest absolute Gasteiger partial charge is 0.322 e. The molecule has 0 spiro atoms. The Kier molecular flexibility index (Phi) is 4.77. The molecular formula is C21H19ClN4O. The third-order valence-corrected chi connectivity index (χ3v) is 5.09. The van der Waals surface area contributed by atoms with Gasteiger partial charge in [-0.05, 0) is 49.1 Å². The monoisotopic (exact) mass is 378 g/mol. The van der Waals surface area contributed by atoms with Crippen molar-refractivity contribution >= 4 is 34.8 Å². The Morgan fingerprint density at radius 1 is 1.15 bits per heavy atom. The van der Waals surface area contributed by atoms with E-state index in [2.05, 4.69) is 32.3 Å². The molecular weight excluding hydrogens is 360 g/mol. The van der Waals surface area contributed by atoms with Gasteiger partial charge in [-0.3, -0.25) is 4.79 Å². The number of carbonyl (C=O) groups excluding carboxylic acids is 1. The highest BCUT2D eigenvalue weighted by molar-refractivity contribution is 6.31. The van der Waals surface area contributed by atoms with Gasteiger partial charge in [-0.2, -0.15) is 0 Å². The summed E-state index contributed by atoms with van der Waals surface area (Å²) in [5, 5.41) is 3.44. The number of para-hydroxylation sites is 1. The smallest absolute Gasteiger partial charge is 0.258 e. The molecule has 1 aromatic heterocycles. The molecule has 3 aromatic rings. The van der Waals surface area contributed by atoms with Crippen molar-refractivity contribution in [2.75, 3.05) is 16.8 Å². The van der Waals surface area contributed by atoms with Crippen LogP contribution < -0.4 is 10.2 Å². The highest BCUT2D eigenvalue weighted by Crippen LogP contribution is 2.31. The fraction of sp³-hybridized carbons (Fsp3) is 0.190. The second-order valence-corrected chi connectivity index (χ2v) is 6.98. The number of rotatable bonds is 3. The molecule has 0 atom stereocenters. The average molecular weight is 379 g/mol. The van der Waals surface area contributed by atoms with Crippen molar-refractivity contribution < 1.29 is 4.79 Å². The van der Waals surface area contributed by atoms with E-state index in [0.717, 1.165) is 30.6 Å². The summed E-state index contributed by atoms with van der Waals surface area (Å²) in [7, 11) is 0. The van der Waals surface area contributed by atoms with Crippen LogP contribution in [0, 0.1) is 6.92 Å². The van der Waals surface area contributed by atoms with Gasteiger partial charge >= 0.3 is 0 Å². The van der Waals surface area contributed by atoms with E-state index in [1.165, 1.54) is 5.56 Å². The lowest BCUT2D eigenvalue weighted by Crippen LogP contribution is -2.26. The van der Waals surface area contributed by atoms with Gasteiger partial charge in [-0.15, -0.1) is 0 Å². The van der Waals surface area contributed by atoms with Gasteiger partial charge in [-0.1, -0.05) is 35.9 Å². The Balaban J connectivity index is 1.52. The lowest BCUT2D eigenvalue weighted by molar-refractivity contribution is 0.102. The molecule has 27 heavy (non-hydrogen) atoms. The maximum Gasteiger partial charge on any atom is 0.258 e. The summed E-state index contributed by atoms with van der Waals surface area (Å²) in [6.45, 7) is 2.78. The molecule has 136 valence electrons. The fourth-order valence-electron chi connectivity index (χ4n) is 3.19. The zero-order chi connectivity index (χ0) is 18.8. The van der Waals surface area contributed by atoms with E-state index >= 15 is 0 Å². The zero-order valence-electron chi connectivity index (χ0n) is 14.9. The Labute approximate surface area is 163 Å². The predicted octanol–water partition coefficient (Wildman–Crippen LogP) is 4.78. The van der Waals surface area contributed by atoms with Crippen molar-refractivity contribution in [2.24, 2.45) is 0 Å². The number of aryl methyl sites for hydroxylation is 2. The minimum absolute atomic E-state index is 0.263. The maximum absolute atomic E-state index is 12.4. The summed E-state index contributed by atoms with van der Waals surface area (Å²) in [6, 6.07) is 13.7. The minimum atomic E-state index is -0.263. The van der Waals surface area contributed by atoms with Crippen LogP contribution in [-0.4, -0.2) is 22.4 Å². The molecule has 1 amide bonds. The number of anilines is 3. The summed E-state index contributed by atoms with van der Waals surface area (Å²) >= 11 is 6.11. The molecule has 0 saturated heterocycles. The number of fused-ring (bicyclic) bond motifs is 1. The van der Waals surface area contributed by atoms with Crippen molar-refractivity contribution in [2.45, 2.75) is 19.8 Å². The first-order valence-corrected chi connectivity index (χ1v) is 9.24. The molecule has 0 unspecified atom stereocenters.